The van der Waals surface area contributed by atoms with E-state index in [4.69, 9.17) is 0 Å². The normalized spacial score (nSPS) is 20.4. The van der Waals surface area contributed by atoms with Crippen LogP contribution in [0, 0.1) is 6.92 Å². The van der Waals surface area contributed by atoms with E-state index in [0.717, 1.165) is 16.9 Å². The largest absolute Gasteiger partial charge is 0.381 e. The predicted octanol–water partition coefficient (Wildman–Crippen LogP) is 2.79. The van der Waals surface area contributed by atoms with Crippen LogP contribution in [0.25, 0.3) is 11.0 Å². The molecule has 0 amide bonds. The van der Waals surface area contributed by atoms with E-state index >= 15 is 0 Å². The maximum atomic E-state index is 4.40. The van der Waals surface area contributed by atoms with E-state index in [1.807, 2.05) is 18.7 Å². The first-order valence-electron chi connectivity index (χ1n) is 5.62. The van der Waals surface area contributed by atoms with Gasteiger partial charge in [-0.25, -0.2) is 4.98 Å². The maximum absolute atomic E-state index is 4.40. The van der Waals surface area contributed by atoms with Crippen molar-refractivity contribution in [2.24, 2.45) is 0 Å². The molecule has 1 aromatic carbocycles. The molecule has 2 aromatic rings. The Morgan fingerprint density at radius 2 is 2.44 bits per heavy atom. The lowest BCUT2D eigenvalue weighted by Gasteiger charge is -2.12. The molecule has 1 fully saturated rings. The number of hydrogen-bond acceptors (Lipinski definition) is 3. The number of imidazole rings is 1. The molecule has 0 bridgehead atoms. The van der Waals surface area contributed by atoms with Gasteiger partial charge in [-0.2, -0.15) is 11.8 Å². The van der Waals surface area contributed by atoms with Crippen molar-refractivity contribution in [3.63, 3.8) is 0 Å². The van der Waals surface area contributed by atoms with Gasteiger partial charge < -0.3 is 10.3 Å². The zero-order chi connectivity index (χ0) is 11.0. The van der Waals surface area contributed by atoms with E-state index in [9.17, 15) is 0 Å². The zero-order valence-corrected chi connectivity index (χ0v) is 10.1. The molecule has 1 unspecified atom stereocenters. The highest BCUT2D eigenvalue weighted by atomic mass is 32.2. The Labute approximate surface area is 99.0 Å². The number of fused-ring (bicyclic) bond motifs is 1. The lowest BCUT2D eigenvalue weighted by Crippen LogP contribution is -2.17. The van der Waals surface area contributed by atoms with Gasteiger partial charge in [0.05, 0.1) is 11.0 Å². The summed E-state index contributed by atoms with van der Waals surface area (Å²) in [7, 11) is 0. The average molecular weight is 233 g/mol. The molecule has 1 saturated heterocycles. The minimum Gasteiger partial charge on any atom is -0.381 e. The van der Waals surface area contributed by atoms with Crippen LogP contribution in [0.2, 0.25) is 0 Å². The van der Waals surface area contributed by atoms with Crippen LogP contribution >= 0.6 is 11.8 Å². The Balaban J connectivity index is 1.86. The lowest BCUT2D eigenvalue weighted by atomic mass is 10.2. The fraction of sp³-hybridized carbons (Fsp3) is 0.417. The van der Waals surface area contributed by atoms with Gasteiger partial charge in [0, 0.05) is 17.5 Å². The number of thioether (sulfide) groups is 1. The van der Waals surface area contributed by atoms with Gasteiger partial charge in [0.25, 0.3) is 0 Å². The van der Waals surface area contributed by atoms with Crippen LogP contribution in [0.1, 0.15) is 12.2 Å². The Kier molecular flexibility index (Phi) is 2.52. The number of rotatable bonds is 2. The molecule has 2 N–H and O–H groups in total. The molecular formula is C12H15N3S. The molecule has 84 valence electrons. The molecular weight excluding hydrogens is 218 g/mol. The monoisotopic (exact) mass is 233 g/mol. The summed E-state index contributed by atoms with van der Waals surface area (Å²) in [4.78, 5) is 7.67. The SMILES string of the molecule is Cc1nc2ccc(NC3CCSC3)cc2[nH]1. The van der Waals surface area contributed by atoms with E-state index in [0.29, 0.717) is 6.04 Å². The van der Waals surface area contributed by atoms with Gasteiger partial charge in [0.1, 0.15) is 5.82 Å². The summed E-state index contributed by atoms with van der Waals surface area (Å²) in [6.45, 7) is 1.99. The van der Waals surface area contributed by atoms with Crippen LogP contribution in [-0.2, 0) is 0 Å². The first kappa shape index (κ1) is 10.0. The number of anilines is 1. The summed E-state index contributed by atoms with van der Waals surface area (Å²) in [5.41, 5.74) is 3.36. The van der Waals surface area contributed by atoms with Gasteiger partial charge in [0.15, 0.2) is 0 Å². The number of nitrogens with one attached hydrogen (secondary N) is 2. The summed E-state index contributed by atoms with van der Waals surface area (Å²) < 4.78 is 0. The molecule has 1 aromatic heterocycles. The average Bonchev–Trinajstić information content (AvgIpc) is 2.85. The predicted molar refractivity (Wildman–Crippen MR) is 70.2 cm³/mol. The van der Waals surface area contributed by atoms with Crippen molar-refractivity contribution >= 4 is 28.5 Å². The standard InChI is InChI=1S/C12H15N3S/c1-8-13-11-3-2-9(6-12(11)14-8)15-10-4-5-16-7-10/h2-3,6,10,15H,4-5,7H2,1H3,(H,13,14). The lowest BCUT2D eigenvalue weighted by molar-refractivity contribution is 0.813. The minimum atomic E-state index is 0.631. The number of H-pyrrole nitrogens is 1. The summed E-state index contributed by atoms with van der Waals surface area (Å²) in [6.07, 6.45) is 1.27. The first-order chi connectivity index (χ1) is 7.81. The van der Waals surface area contributed by atoms with Crippen molar-refractivity contribution in [2.75, 3.05) is 16.8 Å². The number of aryl methyl sites for hydroxylation is 1. The van der Waals surface area contributed by atoms with Crippen molar-refractivity contribution in [2.45, 2.75) is 19.4 Å². The van der Waals surface area contributed by atoms with Crippen molar-refractivity contribution in [1.29, 1.82) is 0 Å². The Hall–Kier alpha value is -1.16. The quantitative estimate of drug-likeness (QED) is 0.838. The highest BCUT2D eigenvalue weighted by Crippen LogP contribution is 2.23. The highest BCUT2D eigenvalue weighted by Gasteiger charge is 2.14. The van der Waals surface area contributed by atoms with E-state index < -0.39 is 0 Å². The van der Waals surface area contributed by atoms with Crippen LogP contribution in [0.5, 0.6) is 0 Å². The topological polar surface area (TPSA) is 40.7 Å². The molecule has 0 spiro atoms. The van der Waals surface area contributed by atoms with Gasteiger partial charge in [-0.3, -0.25) is 0 Å². The fourth-order valence-electron chi connectivity index (χ4n) is 2.11. The van der Waals surface area contributed by atoms with Crippen molar-refractivity contribution in [1.82, 2.24) is 9.97 Å². The number of hydrogen-bond donors (Lipinski definition) is 2. The minimum absolute atomic E-state index is 0.631. The van der Waals surface area contributed by atoms with Crippen molar-refractivity contribution in [3.05, 3.63) is 24.0 Å². The molecule has 0 radical (unpaired) electrons. The van der Waals surface area contributed by atoms with E-state index in [1.54, 1.807) is 0 Å². The Morgan fingerprint density at radius 1 is 1.50 bits per heavy atom. The van der Waals surface area contributed by atoms with Crippen molar-refractivity contribution in [3.8, 4) is 0 Å². The molecule has 1 aliphatic rings. The Morgan fingerprint density at radius 3 is 3.25 bits per heavy atom. The molecule has 2 heterocycles. The number of aromatic amines is 1. The van der Waals surface area contributed by atoms with E-state index in [2.05, 4.69) is 33.5 Å². The van der Waals surface area contributed by atoms with Crippen LogP contribution < -0.4 is 5.32 Å². The fourth-order valence-corrected chi connectivity index (χ4v) is 3.26. The van der Waals surface area contributed by atoms with Crippen LogP contribution in [0.4, 0.5) is 5.69 Å². The summed E-state index contributed by atoms with van der Waals surface area (Å²) >= 11 is 2.03. The Bertz CT molecular complexity index is 500. The highest BCUT2D eigenvalue weighted by molar-refractivity contribution is 7.99. The summed E-state index contributed by atoms with van der Waals surface area (Å²) in [5, 5.41) is 3.57. The van der Waals surface area contributed by atoms with Crippen molar-refractivity contribution < 1.29 is 0 Å². The molecule has 3 rings (SSSR count). The van der Waals surface area contributed by atoms with Gasteiger partial charge in [0.2, 0.25) is 0 Å². The van der Waals surface area contributed by atoms with Crippen LogP contribution in [0.3, 0.4) is 0 Å². The third-order valence-electron chi connectivity index (χ3n) is 2.90. The molecule has 16 heavy (non-hydrogen) atoms. The third-order valence-corrected chi connectivity index (χ3v) is 4.06. The zero-order valence-electron chi connectivity index (χ0n) is 9.29. The third kappa shape index (κ3) is 1.89. The smallest absolute Gasteiger partial charge is 0.104 e. The molecule has 3 nitrogen and oxygen atoms in total. The molecule has 1 atom stereocenters. The van der Waals surface area contributed by atoms with Gasteiger partial charge in [-0.05, 0) is 37.3 Å². The first-order valence-corrected chi connectivity index (χ1v) is 6.77. The second kappa shape index (κ2) is 4.01. The second-order valence-electron chi connectivity index (χ2n) is 4.26. The number of benzene rings is 1. The molecule has 4 heteroatoms. The molecule has 1 aliphatic heterocycles. The summed E-state index contributed by atoms with van der Waals surface area (Å²) in [6, 6.07) is 6.97. The van der Waals surface area contributed by atoms with E-state index in [1.165, 1.54) is 23.6 Å². The maximum Gasteiger partial charge on any atom is 0.104 e. The number of aromatic nitrogens is 2. The van der Waals surface area contributed by atoms with Crippen LogP contribution in [0.15, 0.2) is 18.2 Å². The summed E-state index contributed by atoms with van der Waals surface area (Å²) in [5.74, 6) is 3.48. The van der Waals surface area contributed by atoms with E-state index in [-0.39, 0.29) is 0 Å². The number of nitrogens with zero attached hydrogens (tertiary/aromatic N) is 1. The molecule has 0 aliphatic carbocycles. The van der Waals surface area contributed by atoms with Gasteiger partial charge >= 0.3 is 0 Å². The second-order valence-corrected chi connectivity index (χ2v) is 5.41. The van der Waals surface area contributed by atoms with Crippen LogP contribution in [-0.4, -0.2) is 27.5 Å². The van der Waals surface area contributed by atoms with Gasteiger partial charge in [-0.15, -0.1) is 0 Å². The molecule has 0 saturated carbocycles. The van der Waals surface area contributed by atoms with Gasteiger partial charge in [-0.1, -0.05) is 0 Å².